The summed E-state index contributed by atoms with van der Waals surface area (Å²) in [7, 11) is 0. The van der Waals surface area contributed by atoms with E-state index in [4.69, 9.17) is 4.74 Å². The van der Waals surface area contributed by atoms with E-state index in [9.17, 15) is 4.79 Å². The summed E-state index contributed by atoms with van der Waals surface area (Å²) < 4.78 is 5.48. The molecule has 1 aromatic carbocycles. The van der Waals surface area contributed by atoms with Crippen LogP contribution in [0.25, 0.3) is 11.3 Å². The Morgan fingerprint density at radius 2 is 2.18 bits per heavy atom. The quantitative estimate of drug-likeness (QED) is 0.902. The summed E-state index contributed by atoms with van der Waals surface area (Å²) in [6, 6.07) is 9.58. The molecule has 0 saturated carbocycles. The molecule has 2 atom stereocenters. The van der Waals surface area contributed by atoms with Gasteiger partial charge in [-0.15, -0.1) is 23.7 Å². The van der Waals surface area contributed by atoms with E-state index in [1.807, 2.05) is 42.6 Å². The van der Waals surface area contributed by atoms with Gasteiger partial charge in [0.15, 0.2) is 5.13 Å². The Balaban J connectivity index is 0.00000176. The van der Waals surface area contributed by atoms with E-state index in [1.165, 1.54) is 11.3 Å². The summed E-state index contributed by atoms with van der Waals surface area (Å²) in [5.74, 6) is -0.101. The van der Waals surface area contributed by atoms with Crippen molar-refractivity contribution in [2.45, 2.75) is 19.1 Å². The van der Waals surface area contributed by atoms with Crippen LogP contribution in [0.3, 0.4) is 0 Å². The molecule has 0 spiro atoms. The number of anilines is 1. The van der Waals surface area contributed by atoms with Crippen LogP contribution < -0.4 is 10.6 Å². The van der Waals surface area contributed by atoms with Crippen molar-refractivity contribution < 1.29 is 9.53 Å². The van der Waals surface area contributed by atoms with Crippen LogP contribution >= 0.6 is 23.7 Å². The Morgan fingerprint density at radius 3 is 2.91 bits per heavy atom. The molecule has 2 N–H and O–H groups in total. The number of hydrogen-bond acceptors (Lipinski definition) is 5. The number of carbonyl (C=O) groups is 1. The van der Waals surface area contributed by atoms with Crippen molar-refractivity contribution in [3.8, 4) is 11.3 Å². The minimum atomic E-state index is -0.331. The minimum absolute atomic E-state index is 0. The molecule has 0 radical (unpaired) electrons. The average molecular weight is 340 g/mol. The molecule has 22 heavy (non-hydrogen) atoms. The van der Waals surface area contributed by atoms with Crippen LogP contribution in [0.5, 0.6) is 0 Å². The maximum atomic E-state index is 12.2. The first-order chi connectivity index (χ1) is 10.2. The van der Waals surface area contributed by atoms with Crippen molar-refractivity contribution in [2.24, 2.45) is 0 Å². The highest BCUT2D eigenvalue weighted by Crippen LogP contribution is 2.24. The number of halogens is 1. The Morgan fingerprint density at radius 1 is 1.41 bits per heavy atom. The molecule has 1 aliphatic heterocycles. The average Bonchev–Trinajstić information content (AvgIpc) is 2.97. The molecule has 2 aromatic rings. The van der Waals surface area contributed by atoms with Gasteiger partial charge in [-0.25, -0.2) is 4.98 Å². The lowest BCUT2D eigenvalue weighted by molar-refractivity contribution is -0.123. The molecule has 5 nitrogen and oxygen atoms in total. The zero-order chi connectivity index (χ0) is 14.7. The predicted octanol–water partition coefficient (Wildman–Crippen LogP) is 2.55. The van der Waals surface area contributed by atoms with Gasteiger partial charge >= 0.3 is 0 Å². The smallest absolute Gasteiger partial charge is 0.245 e. The molecule has 7 heteroatoms. The topological polar surface area (TPSA) is 63.2 Å². The highest BCUT2D eigenvalue weighted by atomic mass is 35.5. The minimum Gasteiger partial charge on any atom is -0.375 e. The summed E-state index contributed by atoms with van der Waals surface area (Å²) in [5.41, 5.74) is 1.92. The zero-order valence-corrected chi connectivity index (χ0v) is 13.7. The summed E-state index contributed by atoms with van der Waals surface area (Å²) >= 11 is 1.43. The summed E-state index contributed by atoms with van der Waals surface area (Å²) in [5, 5.41) is 8.58. The first-order valence-electron chi connectivity index (χ1n) is 6.91. The van der Waals surface area contributed by atoms with Crippen LogP contribution in [0.15, 0.2) is 35.7 Å². The number of ether oxygens (including phenoxy) is 1. The van der Waals surface area contributed by atoms with E-state index in [-0.39, 0.29) is 30.5 Å². The Labute approximate surface area is 139 Å². The predicted molar refractivity (Wildman–Crippen MR) is 90.6 cm³/mol. The molecular formula is C15H18ClN3O2S. The van der Waals surface area contributed by atoms with E-state index >= 15 is 0 Å². The van der Waals surface area contributed by atoms with E-state index in [0.29, 0.717) is 18.3 Å². The SMILES string of the molecule is C[C@H]1OCCN[C@@H]1C(=O)Nc1nc(-c2ccccc2)cs1.Cl. The van der Waals surface area contributed by atoms with Crippen LogP contribution in [-0.4, -0.2) is 36.2 Å². The maximum Gasteiger partial charge on any atom is 0.245 e. The largest absolute Gasteiger partial charge is 0.375 e. The van der Waals surface area contributed by atoms with E-state index in [0.717, 1.165) is 11.3 Å². The van der Waals surface area contributed by atoms with Crippen LogP contribution in [0, 0.1) is 0 Å². The number of morpholine rings is 1. The monoisotopic (exact) mass is 339 g/mol. The fraction of sp³-hybridized carbons (Fsp3) is 0.333. The lowest BCUT2D eigenvalue weighted by Gasteiger charge is -2.28. The molecule has 118 valence electrons. The highest BCUT2D eigenvalue weighted by molar-refractivity contribution is 7.14. The molecule has 1 amide bonds. The maximum absolute atomic E-state index is 12.2. The number of amides is 1. The van der Waals surface area contributed by atoms with Gasteiger partial charge in [-0.05, 0) is 6.92 Å². The molecule has 1 fully saturated rings. The molecule has 1 aliphatic rings. The number of nitrogens with one attached hydrogen (secondary N) is 2. The number of thiazole rings is 1. The van der Waals surface area contributed by atoms with Crippen molar-refractivity contribution in [3.63, 3.8) is 0 Å². The van der Waals surface area contributed by atoms with Crippen molar-refractivity contribution >= 4 is 34.8 Å². The first kappa shape index (κ1) is 16.9. The molecule has 2 heterocycles. The Bertz CT molecular complexity index is 620. The Kier molecular flexibility index (Phi) is 5.90. The molecule has 1 aromatic heterocycles. The number of nitrogens with zero attached hydrogens (tertiary/aromatic N) is 1. The third-order valence-electron chi connectivity index (χ3n) is 3.40. The molecule has 3 rings (SSSR count). The molecular weight excluding hydrogens is 322 g/mol. The van der Waals surface area contributed by atoms with Gasteiger partial charge in [0.05, 0.1) is 18.4 Å². The molecule has 0 unspecified atom stereocenters. The number of carbonyl (C=O) groups excluding carboxylic acids is 1. The third kappa shape index (κ3) is 3.84. The van der Waals surface area contributed by atoms with Gasteiger partial charge in [0.25, 0.3) is 0 Å². The van der Waals surface area contributed by atoms with Gasteiger partial charge in [-0.3, -0.25) is 4.79 Å². The summed E-state index contributed by atoms with van der Waals surface area (Å²) in [6.45, 7) is 3.23. The lowest BCUT2D eigenvalue weighted by Crippen LogP contribution is -2.53. The van der Waals surface area contributed by atoms with Crippen molar-refractivity contribution in [1.82, 2.24) is 10.3 Å². The highest BCUT2D eigenvalue weighted by Gasteiger charge is 2.28. The van der Waals surface area contributed by atoms with Crippen molar-refractivity contribution in [1.29, 1.82) is 0 Å². The fourth-order valence-electron chi connectivity index (χ4n) is 2.28. The van der Waals surface area contributed by atoms with Gasteiger partial charge in [0.1, 0.15) is 6.04 Å². The van der Waals surface area contributed by atoms with Crippen molar-refractivity contribution in [3.05, 3.63) is 35.7 Å². The van der Waals surface area contributed by atoms with E-state index in [2.05, 4.69) is 15.6 Å². The van der Waals surface area contributed by atoms with Crippen LogP contribution in [0.4, 0.5) is 5.13 Å². The molecule has 1 saturated heterocycles. The van der Waals surface area contributed by atoms with E-state index < -0.39 is 0 Å². The van der Waals surface area contributed by atoms with Crippen LogP contribution in [-0.2, 0) is 9.53 Å². The standard InChI is InChI=1S/C15H17N3O2S.ClH/c1-10-13(16-7-8-20-10)14(19)18-15-17-12(9-21-15)11-5-3-2-4-6-11;/h2-6,9-10,13,16H,7-8H2,1H3,(H,17,18,19);1H/t10-,13+;/m1./s1. The second-order valence-electron chi connectivity index (χ2n) is 4.90. The van der Waals surface area contributed by atoms with E-state index in [1.54, 1.807) is 0 Å². The summed E-state index contributed by atoms with van der Waals surface area (Å²) in [4.78, 5) is 16.7. The summed E-state index contributed by atoms with van der Waals surface area (Å²) in [6.07, 6.45) is -0.132. The fourth-order valence-corrected chi connectivity index (χ4v) is 3.01. The number of rotatable bonds is 3. The second kappa shape index (κ2) is 7.69. The number of hydrogen-bond donors (Lipinski definition) is 2. The third-order valence-corrected chi connectivity index (χ3v) is 4.16. The lowest BCUT2D eigenvalue weighted by atomic mass is 10.1. The molecule has 0 bridgehead atoms. The second-order valence-corrected chi connectivity index (χ2v) is 5.76. The van der Waals surface area contributed by atoms with Gasteiger partial charge < -0.3 is 15.4 Å². The first-order valence-corrected chi connectivity index (χ1v) is 7.79. The van der Waals surface area contributed by atoms with Gasteiger partial charge in [0.2, 0.25) is 5.91 Å². The number of benzene rings is 1. The normalized spacial score (nSPS) is 21.0. The Hall–Kier alpha value is -1.47. The van der Waals surface area contributed by atoms with Gasteiger partial charge in [-0.2, -0.15) is 0 Å². The van der Waals surface area contributed by atoms with Gasteiger partial charge in [-0.1, -0.05) is 30.3 Å². The van der Waals surface area contributed by atoms with Crippen LogP contribution in [0.2, 0.25) is 0 Å². The molecule has 0 aliphatic carbocycles. The zero-order valence-electron chi connectivity index (χ0n) is 12.1. The number of aromatic nitrogens is 1. The van der Waals surface area contributed by atoms with Crippen molar-refractivity contribution in [2.75, 3.05) is 18.5 Å². The van der Waals surface area contributed by atoms with Gasteiger partial charge in [0, 0.05) is 17.5 Å². The van der Waals surface area contributed by atoms with Crippen LogP contribution in [0.1, 0.15) is 6.92 Å².